The van der Waals surface area contributed by atoms with Gasteiger partial charge in [0.25, 0.3) is 0 Å². The molecule has 3 heteroatoms. The van der Waals surface area contributed by atoms with Crippen LogP contribution >= 0.6 is 0 Å². The lowest BCUT2D eigenvalue weighted by atomic mass is 9.70. The number of hydrogen-bond donors (Lipinski definition) is 2. The third-order valence-corrected chi connectivity index (χ3v) is 6.54. The summed E-state index contributed by atoms with van der Waals surface area (Å²) >= 11 is 0. The standard InChI is InChI=1S/C17H33NO2/c1-15(2)13-7-9-17(15,4)14(11-13)20-10-6-5-8-16(3,18)12-19/h13-14,19H,5-12,18H2,1-4H3. The van der Waals surface area contributed by atoms with Crippen molar-refractivity contribution < 1.29 is 9.84 Å². The first-order chi connectivity index (χ1) is 9.23. The van der Waals surface area contributed by atoms with Gasteiger partial charge in [-0.2, -0.15) is 0 Å². The summed E-state index contributed by atoms with van der Waals surface area (Å²) in [5.41, 5.74) is 6.31. The van der Waals surface area contributed by atoms with E-state index in [2.05, 4.69) is 20.8 Å². The Morgan fingerprint density at radius 1 is 1.30 bits per heavy atom. The van der Waals surface area contributed by atoms with Crippen LogP contribution in [0.25, 0.3) is 0 Å². The van der Waals surface area contributed by atoms with Crippen molar-refractivity contribution in [3.63, 3.8) is 0 Å². The van der Waals surface area contributed by atoms with Crippen LogP contribution in [0.3, 0.4) is 0 Å². The average molecular weight is 283 g/mol. The monoisotopic (exact) mass is 283 g/mol. The molecule has 0 radical (unpaired) electrons. The van der Waals surface area contributed by atoms with Gasteiger partial charge < -0.3 is 15.6 Å². The molecule has 3 nitrogen and oxygen atoms in total. The Balaban J connectivity index is 1.72. The highest BCUT2D eigenvalue weighted by Gasteiger charge is 2.61. The van der Waals surface area contributed by atoms with Crippen LogP contribution in [0.4, 0.5) is 0 Å². The molecule has 0 aromatic rings. The van der Waals surface area contributed by atoms with E-state index in [4.69, 9.17) is 15.6 Å². The smallest absolute Gasteiger partial charge is 0.0636 e. The summed E-state index contributed by atoms with van der Waals surface area (Å²) in [4.78, 5) is 0. The first kappa shape index (κ1) is 16.3. The van der Waals surface area contributed by atoms with E-state index in [9.17, 15) is 0 Å². The Kier molecular flexibility index (Phi) is 4.54. The van der Waals surface area contributed by atoms with Crippen LogP contribution in [0.5, 0.6) is 0 Å². The van der Waals surface area contributed by atoms with Gasteiger partial charge in [0, 0.05) is 12.1 Å². The lowest BCUT2D eigenvalue weighted by Crippen LogP contribution is -2.40. The molecule has 0 heterocycles. The predicted octanol–water partition coefficient (Wildman–Crippen LogP) is 3.10. The molecule has 2 rings (SSSR count). The van der Waals surface area contributed by atoms with Gasteiger partial charge in [0.1, 0.15) is 0 Å². The van der Waals surface area contributed by atoms with Gasteiger partial charge in [0.15, 0.2) is 0 Å². The maximum absolute atomic E-state index is 9.13. The summed E-state index contributed by atoms with van der Waals surface area (Å²) in [6.07, 6.45) is 7.33. The van der Waals surface area contributed by atoms with E-state index in [-0.39, 0.29) is 6.61 Å². The highest BCUT2D eigenvalue weighted by atomic mass is 16.5. The molecule has 118 valence electrons. The van der Waals surface area contributed by atoms with Crippen molar-refractivity contribution in [3.8, 4) is 0 Å². The van der Waals surface area contributed by atoms with E-state index in [1.807, 2.05) is 6.92 Å². The zero-order valence-corrected chi connectivity index (χ0v) is 13.7. The largest absolute Gasteiger partial charge is 0.394 e. The number of aliphatic hydroxyl groups excluding tert-OH is 1. The lowest BCUT2D eigenvalue weighted by Gasteiger charge is -2.39. The highest BCUT2D eigenvalue weighted by molar-refractivity contribution is 5.11. The minimum atomic E-state index is -0.430. The molecule has 0 aliphatic heterocycles. The third-order valence-electron chi connectivity index (χ3n) is 6.54. The van der Waals surface area contributed by atoms with E-state index < -0.39 is 5.54 Å². The topological polar surface area (TPSA) is 55.5 Å². The van der Waals surface area contributed by atoms with Gasteiger partial charge in [-0.05, 0) is 62.2 Å². The van der Waals surface area contributed by atoms with Gasteiger partial charge in [-0.3, -0.25) is 0 Å². The molecule has 20 heavy (non-hydrogen) atoms. The first-order valence-corrected chi connectivity index (χ1v) is 8.24. The second-order valence-corrected chi connectivity index (χ2v) is 8.24. The van der Waals surface area contributed by atoms with Gasteiger partial charge >= 0.3 is 0 Å². The number of fused-ring (bicyclic) bond motifs is 2. The van der Waals surface area contributed by atoms with Crippen LogP contribution in [-0.2, 0) is 4.74 Å². The molecular weight excluding hydrogens is 250 g/mol. The number of unbranched alkanes of at least 4 members (excludes halogenated alkanes) is 1. The van der Waals surface area contributed by atoms with E-state index in [0.29, 0.717) is 16.9 Å². The molecule has 2 fully saturated rings. The molecule has 0 spiro atoms. The fraction of sp³-hybridized carbons (Fsp3) is 1.00. The molecule has 4 atom stereocenters. The van der Waals surface area contributed by atoms with Crippen LogP contribution in [0.2, 0.25) is 0 Å². The maximum atomic E-state index is 9.13. The normalized spacial score (nSPS) is 38.1. The maximum Gasteiger partial charge on any atom is 0.0636 e. The fourth-order valence-electron chi connectivity index (χ4n) is 4.32. The number of hydrogen-bond acceptors (Lipinski definition) is 3. The quantitative estimate of drug-likeness (QED) is 0.706. The van der Waals surface area contributed by atoms with Gasteiger partial charge in [-0.1, -0.05) is 20.8 Å². The molecular formula is C17H33NO2. The number of aliphatic hydroxyl groups is 1. The van der Waals surface area contributed by atoms with Crippen molar-refractivity contribution >= 4 is 0 Å². The molecule has 0 amide bonds. The molecule has 2 saturated carbocycles. The third kappa shape index (κ3) is 2.77. The summed E-state index contributed by atoms with van der Waals surface area (Å²) in [5.74, 6) is 0.847. The van der Waals surface area contributed by atoms with Crippen molar-refractivity contribution in [1.82, 2.24) is 0 Å². The summed E-state index contributed by atoms with van der Waals surface area (Å²) in [6, 6.07) is 0. The lowest BCUT2D eigenvalue weighted by molar-refractivity contribution is -0.0478. The molecule has 0 aromatic heterocycles. The number of nitrogens with two attached hydrogens (primary N) is 1. The van der Waals surface area contributed by atoms with E-state index in [0.717, 1.165) is 31.8 Å². The minimum Gasteiger partial charge on any atom is -0.394 e. The minimum absolute atomic E-state index is 0.0599. The Labute approximate surface area is 124 Å². The van der Waals surface area contributed by atoms with Gasteiger partial charge in [0.2, 0.25) is 0 Å². The summed E-state index contributed by atoms with van der Waals surface area (Å²) in [7, 11) is 0. The molecule has 2 bridgehead atoms. The van der Waals surface area contributed by atoms with Crippen molar-refractivity contribution in [2.24, 2.45) is 22.5 Å². The number of rotatable bonds is 7. The van der Waals surface area contributed by atoms with E-state index in [1.165, 1.54) is 19.3 Å². The average Bonchev–Trinajstić information content (AvgIpc) is 2.71. The summed E-state index contributed by atoms with van der Waals surface area (Å²) < 4.78 is 6.22. The Morgan fingerprint density at radius 3 is 2.50 bits per heavy atom. The Hall–Kier alpha value is -0.120. The SMILES string of the molecule is CC(N)(CO)CCCCOC1CC2CCC1(C)C2(C)C. The number of ether oxygens (including phenoxy) is 1. The molecule has 0 aromatic carbocycles. The van der Waals surface area contributed by atoms with E-state index in [1.54, 1.807) is 0 Å². The fourth-order valence-corrected chi connectivity index (χ4v) is 4.32. The summed E-state index contributed by atoms with van der Waals surface area (Å²) in [5, 5.41) is 9.13. The second kappa shape index (κ2) is 5.58. The van der Waals surface area contributed by atoms with Crippen LogP contribution < -0.4 is 5.73 Å². The van der Waals surface area contributed by atoms with Gasteiger partial charge in [-0.25, -0.2) is 0 Å². The highest BCUT2D eigenvalue weighted by Crippen LogP contribution is 2.66. The zero-order valence-electron chi connectivity index (χ0n) is 13.7. The van der Waals surface area contributed by atoms with Gasteiger partial charge in [0.05, 0.1) is 12.7 Å². The summed E-state index contributed by atoms with van der Waals surface area (Å²) in [6.45, 7) is 10.1. The van der Waals surface area contributed by atoms with Crippen LogP contribution in [0.1, 0.15) is 66.2 Å². The molecule has 4 unspecified atom stereocenters. The molecule has 2 aliphatic carbocycles. The van der Waals surface area contributed by atoms with E-state index >= 15 is 0 Å². The predicted molar refractivity (Wildman–Crippen MR) is 82.5 cm³/mol. The van der Waals surface area contributed by atoms with Crippen molar-refractivity contribution in [3.05, 3.63) is 0 Å². The van der Waals surface area contributed by atoms with Crippen LogP contribution in [0, 0.1) is 16.7 Å². The zero-order chi connectivity index (χ0) is 15.0. The van der Waals surface area contributed by atoms with Crippen molar-refractivity contribution in [2.45, 2.75) is 77.9 Å². The first-order valence-electron chi connectivity index (χ1n) is 8.24. The second-order valence-electron chi connectivity index (χ2n) is 8.24. The van der Waals surface area contributed by atoms with Gasteiger partial charge in [-0.15, -0.1) is 0 Å². The van der Waals surface area contributed by atoms with Crippen molar-refractivity contribution in [1.29, 1.82) is 0 Å². The molecule has 2 aliphatic rings. The molecule has 3 N–H and O–H groups in total. The Morgan fingerprint density at radius 2 is 2.00 bits per heavy atom. The molecule has 0 saturated heterocycles. The van der Waals surface area contributed by atoms with Crippen molar-refractivity contribution in [2.75, 3.05) is 13.2 Å². The van der Waals surface area contributed by atoms with Crippen LogP contribution in [-0.4, -0.2) is 30.0 Å². The van der Waals surface area contributed by atoms with Crippen LogP contribution in [0.15, 0.2) is 0 Å². The Bertz CT molecular complexity index is 340.